The first kappa shape index (κ1) is 22.4. The lowest BCUT2D eigenvalue weighted by Crippen LogP contribution is -2.44. The van der Waals surface area contributed by atoms with Gasteiger partial charge in [-0.15, -0.1) is 11.8 Å². The molecule has 0 aliphatic carbocycles. The van der Waals surface area contributed by atoms with Crippen LogP contribution in [0.5, 0.6) is 0 Å². The highest BCUT2D eigenvalue weighted by atomic mass is 32.2. The highest BCUT2D eigenvalue weighted by molar-refractivity contribution is 7.98. The Kier molecular flexibility index (Phi) is 7.12. The van der Waals surface area contributed by atoms with Crippen LogP contribution < -0.4 is 10.2 Å². The van der Waals surface area contributed by atoms with Gasteiger partial charge >= 0.3 is 0 Å². The number of amides is 1. The zero-order chi connectivity index (χ0) is 22.5. The molecule has 1 aliphatic heterocycles. The number of aromatic nitrogens is 1. The molecule has 6 heteroatoms. The van der Waals surface area contributed by atoms with Crippen LogP contribution in [0.25, 0.3) is 11.1 Å². The lowest BCUT2D eigenvalue weighted by Gasteiger charge is -2.34. The van der Waals surface area contributed by atoms with E-state index in [2.05, 4.69) is 64.4 Å². The molecule has 1 aromatic heterocycles. The van der Waals surface area contributed by atoms with Crippen molar-refractivity contribution in [2.75, 3.05) is 44.4 Å². The van der Waals surface area contributed by atoms with Crippen LogP contribution in [0.3, 0.4) is 0 Å². The molecular weight excluding hydrogens is 416 g/mol. The number of benzene rings is 2. The van der Waals surface area contributed by atoms with Gasteiger partial charge in [0.15, 0.2) is 0 Å². The first-order valence-corrected chi connectivity index (χ1v) is 12.2. The lowest BCUT2D eigenvalue weighted by atomic mass is 10.0. The third-order valence-electron chi connectivity index (χ3n) is 5.96. The summed E-state index contributed by atoms with van der Waals surface area (Å²) in [6.07, 6.45) is 3.84. The topological polar surface area (TPSA) is 48.5 Å². The molecule has 0 saturated carbocycles. The summed E-state index contributed by atoms with van der Waals surface area (Å²) in [7, 11) is 2.17. The number of rotatable bonds is 6. The van der Waals surface area contributed by atoms with Gasteiger partial charge in [0, 0.05) is 48.5 Å². The third-order valence-corrected chi connectivity index (χ3v) is 6.84. The van der Waals surface area contributed by atoms with Gasteiger partial charge in [0.2, 0.25) is 0 Å². The molecule has 0 bridgehead atoms. The molecule has 32 heavy (non-hydrogen) atoms. The summed E-state index contributed by atoms with van der Waals surface area (Å²) < 4.78 is 0. The fourth-order valence-electron chi connectivity index (χ4n) is 3.94. The van der Waals surface area contributed by atoms with E-state index in [4.69, 9.17) is 0 Å². The van der Waals surface area contributed by atoms with Crippen molar-refractivity contribution in [3.63, 3.8) is 0 Å². The second-order valence-corrected chi connectivity index (χ2v) is 9.09. The Morgan fingerprint density at radius 1 is 1.03 bits per heavy atom. The van der Waals surface area contributed by atoms with E-state index in [9.17, 15) is 4.79 Å². The van der Waals surface area contributed by atoms with E-state index < -0.39 is 0 Å². The highest BCUT2D eigenvalue weighted by Gasteiger charge is 2.15. The Morgan fingerprint density at radius 2 is 1.81 bits per heavy atom. The average molecular weight is 447 g/mol. The van der Waals surface area contributed by atoms with E-state index in [1.807, 2.05) is 36.7 Å². The van der Waals surface area contributed by atoms with Crippen molar-refractivity contribution >= 4 is 23.4 Å². The minimum atomic E-state index is -0.0791. The summed E-state index contributed by atoms with van der Waals surface area (Å²) in [6, 6.07) is 18.6. The summed E-state index contributed by atoms with van der Waals surface area (Å²) in [5, 5.41) is 3.01. The number of likely N-dealkylation sites (N-methyl/N-ethyl adjacent to an activating group) is 1. The maximum absolute atomic E-state index is 12.6. The number of aryl methyl sites for hydroxylation is 1. The van der Waals surface area contributed by atoms with Crippen molar-refractivity contribution in [1.29, 1.82) is 0 Å². The van der Waals surface area contributed by atoms with Crippen LogP contribution in [0, 0.1) is 6.92 Å². The maximum atomic E-state index is 12.6. The number of hydrogen-bond acceptors (Lipinski definition) is 5. The molecule has 3 aromatic rings. The molecule has 0 atom stereocenters. The van der Waals surface area contributed by atoms with Gasteiger partial charge in [0.05, 0.1) is 12.2 Å². The Balaban J connectivity index is 1.45. The van der Waals surface area contributed by atoms with Crippen molar-refractivity contribution in [3.05, 3.63) is 77.6 Å². The molecule has 2 aromatic carbocycles. The van der Waals surface area contributed by atoms with Gasteiger partial charge in [0.25, 0.3) is 5.91 Å². The number of anilines is 1. The van der Waals surface area contributed by atoms with Crippen LogP contribution in [-0.2, 0) is 6.54 Å². The van der Waals surface area contributed by atoms with E-state index in [0.29, 0.717) is 12.1 Å². The van der Waals surface area contributed by atoms with Crippen LogP contribution in [0.4, 0.5) is 5.69 Å². The highest BCUT2D eigenvalue weighted by Crippen LogP contribution is 2.26. The second-order valence-electron chi connectivity index (χ2n) is 8.24. The van der Waals surface area contributed by atoms with Gasteiger partial charge in [-0.25, -0.2) is 0 Å². The van der Waals surface area contributed by atoms with Crippen molar-refractivity contribution in [3.8, 4) is 11.1 Å². The van der Waals surface area contributed by atoms with Gasteiger partial charge in [-0.05, 0) is 73.3 Å². The van der Waals surface area contributed by atoms with E-state index in [0.717, 1.165) is 42.3 Å². The van der Waals surface area contributed by atoms with Crippen LogP contribution in [0.1, 0.15) is 21.6 Å². The number of thioether (sulfide) groups is 1. The smallest absolute Gasteiger partial charge is 0.251 e. The second kappa shape index (κ2) is 10.2. The van der Waals surface area contributed by atoms with Gasteiger partial charge in [-0.2, -0.15) is 0 Å². The van der Waals surface area contributed by atoms with E-state index >= 15 is 0 Å². The van der Waals surface area contributed by atoms with Crippen LogP contribution >= 0.6 is 11.8 Å². The summed E-state index contributed by atoms with van der Waals surface area (Å²) in [5.74, 6) is -0.0791. The molecule has 5 nitrogen and oxygen atoms in total. The van der Waals surface area contributed by atoms with Gasteiger partial charge in [0.1, 0.15) is 0 Å². The number of nitrogens with zero attached hydrogens (tertiary/aromatic N) is 3. The fraction of sp³-hybridized carbons (Fsp3) is 0.308. The lowest BCUT2D eigenvalue weighted by molar-refractivity contribution is 0.0950. The van der Waals surface area contributed by atoms with Gasteiger partial charge in [-0.3, -0.25) is 9.78 Å². The van der Waals surface area contributed by atoms with Crippen LogP contribution in [0.2, 0.25) is 0 Å². The molecule has 0 spiro atoms. The Morgan fingerprint density at radius 3 is 2.59 bits per heavy atom. The third kappa shape index (κ3) is 5.31. The molecular formula is C26H30N4OS. The number of hydrogen-bond donors (Lipinski definition) is 1. The van der Waals surface area contributed by atoms with Crippen LogP contribution in [0.15, 0.2) is 65.7 Å². The van der Waals surface area contributed by atoms with Crippen LogP contribution in [-0.4, -0.2) is 55.3 Å². The molecule has 0 radical (unpaired) electrons. The molecule has 166 valence electrons. The van der Waals surface area contributed by atoms with Gasteiger partial charge in [-0.1, -0.05) is 18.2 Å². The number of carbonyl (C=O) groups excluding carboxylic acids is 1. The number of pyridine rings is 1. The Labute approximate surface area is 194 Å². The molecule has 1 saturated heterocycles. The summed E-state index contributed by atoms with van der Waals surface area (Å²) in [5.41, 5.74) is 6.24. The SMILES string of the molecule is CSc1cc(C(=O)NCc2cc(-c3cccc(N4CCN(C)CC4)c3)ccn2)ccc1C. The molecule has 1 fully saturated rings. The minimum absolute atomic E-state index is 0.0791. The number of carbonyl (C=O) groups is 1. The van der Waals surface area contributed by atoms with E-state index in [-0.39, 0.29) is 5.91 Å². The summed E-state index contributed by atoms with van der Waals surface area (Å²) >= 11 is 1.65. The normalized spacial score (nSPS) is 14.4. The predicted molar refractivity (Wildman–Crippen MR) is 134 cm³/mol. The van der Waals surface area contributed by atoms with E-state index in [1.54, 1.807) is 11.8 Å². The Hall–Kier alpha value is -2.83. The molecule has 1 aliphatic rings. The molecule has 4 rings (SSSR count). The largest absolute Gasteiger partial charge is 0.369 e. The summed E-state index contributed by atoms with van der Waals surface area (Å²) in [4.78, 5) is 23.0. The maximum Gasteiger partial charge on any atom is 0.251 e. The number of piperazine rings is 1. The number of nitrogens with one attached hydrogen (secondary N) is 1. The first-order valence-electron chi connectivity index (χ1n) is 10.9. The zero-order valence-electron chi connectivity index (χ0n) is 19.0. The van der Waals surface area contributed by atoms with Crippen molar-refractivity contribution in [2.24, 2.45) is 0 Å². The standard InChI is InChI=1S/C26H30N4OS/c1-19-7-8-22(17-25(19)32-3)26(31)28-18-23-15-21(9-10-27-23)20-5-4-6-24(16-20)30-13-11-29(2)12-14-30/h4-10,15-17H,11-14,18H2,1-3H3,(H,28,31). The quantitative estimate of drug-likeness (QED) is 0.567. The van der Waals surface area contributed by atoms with Crippen molar-refractivity contribution in [2.45, 2.75) is 18.4 Å². The monoisotopic (exact) mass is 446 g/mol. The minimum Gasteiger partial charge on any atom is -0.369 e. The van der Waals surface area contributed by atoms with E-state index in [1.165, 1.54) is 16.8 Å². The van der Waals surface area contributed by atoms with Crippen molar-refractivity contribution < 1.29 is 4.79 Å². The predicted octanol–water partition coefficient (Wildman–Crippen LogP) is 4.46. The fourth-order valence-corrected chi connectivity index (χ4v) is 4.57. The Bertz CT molecular complexity index is 1090. The first-order chi connectivity index (χ1) is 15.5. The zero-order valence-corrected chi connectivity index (χ0v) is 19.8. The molecule has 2 heterocycles. The molecule has 1 amide bonds. The summed E-state index contributed by atoms with van der Waals surface area (Å²) in [6.45, 7) is 6.72. The van der Waals surface area contributed by atoms with Crippen molar-refractivity contribution in [1.82, 2.24) is 15.2 Å². The van der Waals surface area contributed by atoms with Gasteiger partial charge < -0.3 is 15.1 Å². The average Bonchev–Trinajstić information content (AvgIpc) is 2.83. The molecule has 0 unspecified atom stereocenters. The molecule has 1 N–H and O–H groups in total.